The lowest BCUT2D eigenvalue weighted by Crippen LogP contribution is -2.22. The van der Waals surface area contributed by atoms with Crippen molar-refractivity contribution in [1.82, 2.24) is 9.97 Å². The van der Waals surface area contributed by atoms with Gasteiger partial charge in [0.25, 0.3) is 0 Å². The molecule has 4 nitrogen and oxygen atoms in total. The van der Waals surface area contributed by atoms with Crippen molar-refractivity contribution in [2.45, 2.75) is 32.7 Å². The van der Waals surface area contributed by atoms with E-state index in [1.807, 2.05) is 6.07 Å². The Bertz CT molecular complexity index is 340. The molecule has 1 fully saturated rings. The molecule has 2 rings (SSSR count). The summed E-state index contributed by atoms with van der Waals surface area (Å²) in [6.07, 6.45) is 5.65. The fourth-order valence-electron chi connectivity index (χ4n) is 2.31. The van der Waals surface area contributed by atoms with E-state index in [1.165, 1.54) is 19.3 Å². The summed E-state index contributed by atoms with van der Waals surface area (Å²) >= 11 is 0. The molecular formula is C12H20N4. The van der Waals surface area contributed by atoms with Gasteiger partial charge in [-0.3, -0.25) is 0 Å². The quantitative estimate of drug-likeness (QED) is 0.836. The van der Waals surface area contributed by atoms with Crippen LogP contribution in [0.5, 0.6) is 0 Å². The maximum absolute atomic E-state index is 5.58. The molecule has 0 amide bonds. The van der Waals surface area contributed by atoms with Crippen LogP contribution in [0.1, 0.15) is 31.9 Å². The third-order valence-corrected chi connectivity index (χ3v) is 3.18. The molecule has 0 aliphatic carbocycles. The van der Waals surface area contributed by atoms with Gasteiger partial charge in [0.1, 0.15) is 0 Å². The van der Waals surface area contributed by atoms with Crippen molar-refractivity contribution in [2.24, 2.45) is 11.7 Å². The largest absolute Gasteiger partial charge is 0.341 e. The van der Waals surface area contributed by atoms with Gasteiger partial charge in [0.05, 0.1) is 5.69 Å². The van der Waals surface area contributed by atoms with Crippen molar-refractivity contribution in [2.75, 3.05) is 18.0 Å². The van der Waals surface area contributed by atoms with E-state index < -0.39 is 0 Å². The van der Waals surface area contributed by atoms with Crippen molar-refractivity contribution in [3.05, 3.63) is 18.0 Å². The van der Waals surface area contributed by atoms with Crippen LogP contribution in [-0.2, 0) is 6.54 Å². The number of aromatic nitrogens is 2. The number of nitrogens with zero attached hydrogens (tertiary/aromatic N) is 3. The molecule has 88 valence electrons. The SMILES string of the molecule is CCCC1CCN(c2nccc(CN)n2)C1. The summed E-state index contributed by atoms with van der Waals surface area (Å²) < 4.78 is 0. The predicted molar refractivity (Wildman–Crippen MR) is 65.2 cm³/mol. The molecule has 0 aromatic carbocycles. The van der Waals surface area contributed by atoms with Crippen LogP contribution in [0.3, 0.4) is 0 Å². The molecule has 0 saturated carbocycles. The van der Waals surface area contributed by atoms with Crippen LogP contribution in [0.4, 0.5) is 5.95 Å². The van der Waals surface area contributed by atoms with Crippen LogP contribution in [-0.4, -0.2) is 23.1 Å². The minimum atomic E-state index is 0.488. The third-order valence-electron chi connectivity index (χ3n) is 3.18. The number of rotatable bonds is 4. The Morgan fingerprint density at radius 3 is 3.19 bits per heavy atom. The Kier molecular flexibility index (Phi) is 3.72. The summed E-state index contributed by atoms with van der Waals surface area (Å²) in [5.41, 5.74) is 6.50. The van der Waals surface area contributed by atoms with Crippen LogP contribution in [0.25, 0.3) is 0 Å². The van der Waals surface area contributed by atoms with E-state index in [-0.39, 0.29) is 0 Å². The van der Waals surface area contributed by atoms with Gasteiger partial charge in [-0.1, -0.05) is 13.3 Å². The van der Waals surface area contributed by atoms with Crippen LogP contribution >= 0.6 is 0 Å². The van der Waals surface area contributed by atoms with Crippen molar-refractivity contribution >= 4 is 5.95 Å². The molecular weight excluding hydrogens is 200 g/mol. The van der Waals surface area contributed by atoms with E-state index in [0.29, 0.717) is 6.54 Å². The Morgan fingerprint density at radius 2 is 2.44 bits per heavy atom. The molecule has 0 bridgehead atoms. The summed E-state index contributed by atoms with van der Waals surface area (Å²) in [7, 11) is 0. The highest BCUT2D eigenvalue weighted by Crippen LogP contribution is 2.23. The Hall–Kier alpha value is -1.16. The summed E-state index contributed by atoms with van der Waals surface area (Å²) in [6.45, 7) is 4.91. The van der Waals surface area contributed by atoms with Gasteiger partial charge in [-0.2, -0.15) is 0 Å². The third kappa shape index (κ3) is 2.50. The highest BCUT2D eigenvalue weighted by Gasteiger charge is 2.23. The van der Waals surface area contributed by atoms with Gasteiger partial charge in [0.15, 0.2) is 0 Å². The van der Waals surface area contributed by atoms with Crippen LogP contribution in [0.15, 0.2) is 12.3 Å². The van der Waals surface area contributed by atoms with E-state index in [2.05, 4.69) is 21.8 Å². The molecule has 1 aromatic rings. The molecule has 16 heavy (non-hydrogen) atoms. The summed E-state index contributed by atoms with van der Waals surface area (Å²) in [4.78, 5) is 11.1. The lowest BCUT2D eigenvalue weighted by molar-refractivity contribution is 0.529. The van der Waals surface area contributed by atoms with Crippen molar-refractivity contribution in [3.8, 4) is 0 Å². The van der Waals surface area contributed by atoms with E-state index in [9.17, 15) is 0 Å². The first kappa shape index (κ1) is 11.3. The van der Waals surface area contributed by atoms with Crippen molar-refractivity contribution in [3.63, 3.8) is 0 Å². The minimum absolute atomic E-state index is 0.488. The maximum atomic E-state index is 5.58. The van der Waals surface area contributed by atoms with E-state index in [1.54, 1.807) is 6.20 Å². The number of anilines is 1. The van der Waals surface area contributed by atoms with Gasteiger partial charge in [0.2, 0.25) is 5.95 Å². The highest BCUT2D eigenvalue weighted by atomic mass is 15.3. The molecule has 1 aliphatic rings. The Morgan fingerprint density at radius 1 is 1.56 bits per heavy atom. The Balaban J connectivity index is 2.02. The molecule has 1 saturated heterocycles. The maximum Gasteiger partial charge on any atom is 0.225 e. The first-order valence-electron chi connectivity index (χ1n) is 6.10. The Labute approximate surface area is 96.9 Å². The standard InChI is InChI=1S/C12H20N4/c1-2-3-10-5-7-16(9-10)12-14-6-4-11(8-13)15-12/h4,6,10H,2-3,5,7-9,13H2,1H3. The fraction of sp³-hybridized carbons (Fsp3) is 0.667. The highest BCUT2D eigenvalue weighted by molar-refractivity contribution is 5.31. The van der Waals surface area contributed by atoms with Gasteiger partial charge in [0, 0.05) is 25.8 Å². The molecule has 2 N–H and O–H groups in total. The zero-order valence-corrected chi connectivity index (χ0v) is 9.89. The predicted octanol–water partition coefficient (Wildman–Crippen LogP) is 1.56. The molecule has 0 radical (unpaired) electrons. The van der Waals surface area contributed by atoms with Crippen LogP contribution < -0.4 is 10.6 Å². The molecule has 1 aliphatic heterocycles. The average Bonchev–Trinajstić information content (AvgIpc) is 2.78. The monoisotopic (exact) mass is 220 g/mol. The second-order valence-electron chi connectivity index (χ2n) is 4.44. The number of nitrogens with two attached hydrogens (primary N) is 1. The number of hydrogen-bond acceptors (Lipinski definition) is 4. The topological polar surface area (TPSA) is 55.0 Å². The van der Waals surface area contributed by atoms with Gasteiger partial charge in [-0.05, 0) is 24.8 Å². The van der Waals surface area contributed by atoms with E-state index in [4.69, 9.17) is 5.73 Å². The van der Waals surface area contributed by atoms with Gasteiger partial charge in [-0.15, -0.1) is 0 Å². The normalized spacial score (nSPS) is 20.4. The second kappa shape index (κ2) is 5.25. The van der Waals surface area contributed by atoms with E-state index >= 15 is 0 Å². The van der Waals surface area contributed by atoms with Crippen LogP contribution in [0.2, 0.25) is 0 Å². The molecule has 4 heteroatoms. The molecule has 1 unspecified atom stereocenters. The second-order valence-corrected chi connectivity index (χ2v) is 4.44. The summed E-state index contributed by atoms with van der Waals surface area (Å²) in [5.74, 6) is 1.66. The molecule has 1 atom stereocenters. The molecule has 2 heterocycles. The van der Waals surface area contributed by atoms with Crippen molar-refractivity contribution < 1.29 is 0 Å². The number of hydrogen-bond donors (Lipinski definition) is 1. The van der Waals surface area contributed by atoms with Gasteiger partial charge >= 0.3 is 0 Å². The van der Waals surface area contributed by atoms with E-state index in [0.717, 1.165) is 30.6 Å². The first-order valence-corrected chi connectivity index (χ1v) is 6.10. The summed E-state index contributed by atoms with van der Waals surface area (Å²) in [6, 6.07) is 1.88. The van der Waals surface area contributed by atoms with Gasteiger partial charge < -0.3 is 10.6 Å². The summed E-state index contributed by atoms with van der Waals surface area (Å²) in [5, 5.41) is 0. The van der Waals surface area contributed by atoms with Crippen LogP contribution in [0, 0.1) is 5.92 Å². The lowest BCUT2D eigenvalue weighted by Gasteiger charge is -2.16. The van der Waals surface area contributed by atoms with Crippen molar-refractivity contribution in [1.29, 1.82) is 0 Å². The molecule has 1 aromatic heterocycles. The zero-order chi connectivity index (χ0) is 11.4. The zero-order valence-electron chi connectivity index (χ0n) is 9.89. The first-order chi connectivity index (χ1) is 7.83. The average molecular weight is 220 g/mol. The fourth-order valence-corrected chi connectivity index (χ4v) is 2.31. The smallest absolute Gasteiger partial charge is 0.225 e. The lowest BCUT2D eigenvalue weighted by atomic mass is 10.0. The van der Waals surface area contributed by atoms with Gasteiger partial charge in [-0.25, -0.2) is 9.97 Å². The minimum Gasteiger partial charge on any atom is -0.341 e. The molecule has 0 spiro atoms.